The van der Waals surface area contributed by atoms with Crippen LogP contribution in [0.15, 0.2) is 0 Å². The molecule has 1 amide bonds. The van der Waals surface area contributed by atoms with Gasteiger partial charge in [-0.05, 0) is 19.4 Å². The summed E-state index contributed by atoms with van der Waals surface area (Å²) in [5.74, 6) is 0.436. The van der Waals surface area contributed by atoms with E-state index in [1.165, 1.54) is 0 Å². The minimum absolute atomic E-state index is 0.0719. The van der Waals surface area contributed by atoms with Gasteiger partial charge in [0.05, 0.1) is 0 Å². The van der Waals surface area contributed by atoms with Crippen LogP contribution in [0.25, 0.3) is 0 Å². The first kappa shape index (κ1) is 17.4. The Hall–Kier alpha value is -0.650. The van der Waals surface area contributed by atoms with E-state index in [2.05, 4.69) is 29.0 Å². The number of amides is 1. The quantitative estimate of drug-likeness (QED) is 0.709. The maximum absolute atomic E-state index is 11.9. The molecule has 3 atom stereocenters. The number of carbonyl (C=O) groups excluding carboxylic acids is 1. The van der Waals surface area contributed by atoms with Gasteiger partial charge in [0.1, 0.15) is 0 Å². The Morgan fingerprint density at radius 2 is 1.70 bits per heavy atom. The summed E-state index contributed by atoms with van der Waals surface area (Å²) in [6, 6.07) is -0.0903. The van der Waals surface area contributed by atoms with Crippen LogP contribution in [0.5, 0.6) is 0 Å². The van der Waals surface area contributed by atoms with Gasteiger partial charge in [0.2, 0.25) is 5.91 Å². The predicted molar refractivity (Wildman–Crippen MR) is 83.5 cm³/mol. The summed E-state index contributed by atoms with van der Waals surface area (Å²) in [5, 5.41) is 3.02. The third-order valence-corrected chi connectivity index (χ3v) is 4.31. The van der Waals surface area contributed by atoms with Crippen molar-refractivity contribution in [2.45, 2.75) is 33.7 Å². The maximum Gasteiger partial charge on any atom is 0.224 e. The van der Waals surface area contributed by atoms with Crippen LogP contribution in [-0.4, -0.2) is 67.6 Å². The van der Waals surface area contributed by atoms with Crippen LogP contribution >= 0.6 is 0 Å². The van der Waals surface area contributed by atoms with Crippen molar-refractivity contribution in [2.75, 3.05) is 45.8 Å². The van der Waals surface area contributed by atoms with E-state index in [4.69, 9.17) is 5.73 Å². The first-order valence-electron chi connectivity index (χ1n) is 7.92. The van der Waals surface area contributed by atoms with Gasteiger partial charge in [-0.2, -0.15) is 0 Å². The Kier molecular flexibility index (Phi) is 7.48. The van der Waals surface area contributed by atoms with Crippen LogP contribution in [0.4, 0.5) is 0 Å². The number of nitrogens with one attached hydrogen (secondary N) is 1. The molecule has 0 spiro atoms. The minimum Gasteiger partial charge on any atom is -0.356 e. The van der Waals surface area contributed by atoms with Crippen molar-refractivity contribution in [3.8, 4) is 0 Å². The van der Waals surface area contributed by atoms with E-state index >= 15 is 0 Å². The maximum atomic E-state index is 11.9. The average molecular weight is 284 g/mol. The molecule has 0 saturated carbocycles. The van der Waals surface area contributed by atoms with Gasteiger partial charge in [0, 0.05) is 51.2 Å². The molecule has 5 nitrogen and oxygen atoms in total. The monoisotopic (exact) mass is 284 g/mol. The number of hydrogen-bond acceptors (Lipinski definition) is 4. The highest BCUT2D eigenvalue weighted by atomic mass is 16.1. The van der Waals surface area contributed by atoms with Gasteiger partial charge < -0.3 is 20.9 Å². The van der Waals surface area contributed by atoms with Crippen molar-refractivity contribution < 1.29 is 4.79 Å². The summed E-state index contributed by atoms with van der Waals surface area (Å²) in [4.78, 5) is 16.8. The Labute approximate surface area is 123 Å². The molecule has 3 unspecified atom stereocenters. The van der Waals surface area contributed by atoms with Crippen LogP contribution in [-0.2, 0) is 4.79 Å². The van der Waals surface area contributed by atoms with Crippen LogP contribution in [0, 0.1) is 11.8 Å². The second-order valence-corrected chi connectivity index (χ2v) is 6.23. The lowest BCUT2D eigenvalue weighted by atomic mass is 10.0. The Morgan fingerprint density at radius 1 is 1.15 bits per heavy atom. The summed E-state index contributed by atoms with van der Waals surface area (Å²) in [6.07, 6.45) is 0. The fraction of sp³-hybridized carbons (Fsp3) is 0.933. The SMILES string of the molecule is CCN1CCN(CC(C)CNC(=O)C(C)C(C)N)CC1. The molecule has 1 saturated heterocycles. The normalized spacial score (nSPS) is 22.2. The zero-order valence-corrected chi connectivity index (χ0v) is 13.6. The number of piperazine rings is 1. The second-order valence-electron chi connectivity index (χ2n) is 6.23. The van der Waals surface area contributed by atoms with Crippen LogP contribution in [0.3, 0.4) is 0 Å². The van der Waals surface area contributed by atoms with Gasteiger partial charge in [0.25, 0.3) is 0 Å². The van der Waals surface area contributed by atoms with E-state index in [1.54, 1.807) is 0 Å². The first-order valence-corrected chi connectivity index (χ1v) is 7.92. The van der Waals surface area contributed by atoms with Gasteiger partial charge in [-0.1, -0.05) is 20.8 Å². The highest BCUT2D eigenvalue weighted by molar-refractivity contribution is 5.78. The molecule has 1 heterocycles. The molecule has 1 rings (SSSR count). The fourth-order valence-electron chi connectivity index (χ4n) is 2.47. The molecule has 118 valence electrons. The van der Waals surface area contributed by atoms with Crippen LogP contribution in [0.2, 0.25) is 0 Å². The van der Waals surface area contributed by atoms with Gasteiger partial charge >= 0.3 is 0 Å². The van der Waals surface area contributed by atoms with Crippen molar-refractivity contribution in [1.82, 2.24) is 15.1 Å². The molecule has 1 aliphatic heterocycles. The van der Waals surface area contributed by atoms with E-state index in [0.717, 1.165) is 45.8 Å². The number of rotatable bonds is 7. The van der Waals surface area contributed by atoms with E-state index < -0.39 is 0 Å². The lowest BCUT2D eigenvalue weighted by molar-refractivity contribution is -0.125. The highest BCUT2D eigenvalue weighted by Crippen LogP contribution is 2.06. The summed E-state index contributed by atoms with van der Waals surface area (Å²) >= 11 is 0. The summed E-state index contributed by atoms with van der Waals surface area (Å²) in [7, 11) is 0. The summed E-state index contributed by atoms with van der Waals surface area (Å²) < 4.78 is 0. The third-order valence-electron chi connectivity index (χ3n) is 4.31. The summed E-state index contributed by atoms with van der Waals surface area (Å²) in [5.41, 5.74) is 5.75. The zero-order valence-electron chi connectivity index (χ0n) is 13.6. The molecule has 0 bridgehead atoms. The molecule has 0 aliphatic carbocycles. The number of nitrogens with zero attached hydrogens (tertiary/aromatic N) is 2. The summed E-state index contributed by atoms with van der Waals surface area (Å²) in [6.45, 7) is 15.7. The van der Waals surface area contributed by atoms with Crippen molar-refractivity contribution in [3.63, 3.8) is 0 Å². The van der Waals surface area contributed by atoms with Gasteiger partial charge in [-0.25, -0.2) is 0 Å². The molecule has 1 fully saturated rings. The molecule has 5 heteroatoms. The van der Waals surface area contributed by atoms with Crippen molar-refractivity contribution in [3.05, 3.63) is 0 Å². The van der Waals surface area contributed by atoms with Gasteiger partial charge in [-0.3, -0.25) is 4.79 Å². The number of nitrogens with two attached hydrogens (primary N) is 1. The molecule has 1 aliphatic rings. The van der Waals surface area contributed by atoms with Crippen molar-refractivity contribution in [2.24, 2.45) is 17.6 Å². The van der Waals surface area contributed by atoms with Crippen LogP contribution in [0.1, 0.15) is 27.7 Å². The lowest BCUT2D eigenvalue weighted by Crippen LogP contribution is -2.48. The number of hydrogen-bond donors (Lipinski definition) is 2. The Balaban J connectivity index is 2.20. The number of likely N-dealkylation sites (N-methyl/N-ethyl adjacent to an activating group) is 1. The molecule has 20 heavy (non-hydrogen) atoms. The molecule has 0 aromatic rings. The molecule has 0 radical (unpaired) electrons. The van der Waals surface area contributed by atoms with Crippen molar-refractivity contribution in [1.29, 1.82) is 0 Å². The van der Waals surface area contributed by atoms with Gasteiger partial charge in [0.15, 0.2) is 0 Å². The Morgan fingerprint density at radius 3 is 2.20 bits per heavy atom. The first-order chi connectivity index (χ1) is 9.43. The van der Waals surface area contributed by atoms with Crippen LogP contribution < -0.4 is 11.1 Å². The molecular weight excluding hydrogens is 252 g/mol. The van der Waals surface area contributed by atoms with E-state index in [-0.39, 0.29) is 17.9 Å². The average Bonchev–Trinajstić information content (AvgIpc) is 2.44. The molecule has 0 aromatic carbocycles. The van der Waals surface area contributed by atoms with E-state index in [9.17, 15) is 4.79 Å². The fourth-order valence-corrected chi connectivity index (χ4v) is 2.47. The topological polar surface area (TPSA) is 61.6 Å². The molecular formula is C15H32N4O. The largest absolute Gasteiger partial charge is 0.356 e. The Bertz CT molecular complexity index is 288. The predicted octanol–water partition coefficient (Wildman–Crippen LogP) is 0.360. The molecule has 3 N–H and O–H groups in total. The van der Waals surface area contributed by atoms with Crippen molar-refractivity contribution >= 4 is 5.91 Å². The zero-order chi connectivity index (χ0) is 15.1. The lowest BCUT2D eigenvalue weighted by Gasteiger charge is -2.35. The number of carbonyl (C=O) groups is 1. The van der Waals surface area contributed by atoms with E-state index in [1.807, 2.05) is 13.8 Å². The third kappa shape index (κ3) is 5.77. The standard InChI is InChI=1S/C15H32N4O/c1-5-18-6-8-19(9-7-18)11-12(2)10-17-15(20)13(3)14(4)16/h12-14H,5-11,16H2,1-4H3,(H,17,20). The molecule has 0 aromatic heterocycles. The van der Waals surface area contributed by atoms with E-state index in [0.29, 0.717) is 5.92 Å². The smallest absolute Gasteiger partial charge is 0.224 e. The minimum atomic E-state index is -0.115. The van der Waals surface area contributed by atoms with Gasteiger partial charge in [-0.15, -0.1) is 0 Å². The second kappa shape index (κ2) is 8.60. The highest BCUT2D eigenvalue weighted by Gasteiger charge is 2.19.